The molecule has 0 saturated heterocycles. The fourth-order valence-electron chi connectivity index (χ4n) is 0. The zero-order valence-corrected chi connectivity index (χ0v) is 9.63. The Morgan fingerprint density at radius 2 is 1.12 bits per heavy atom. The molecule has 8 heavy (non-hydrogen) atoms. The van der Waals surface area contributed by atoms with Crippen LogP contribution in [0.4, 0.5) is 0 Å². The first kappa shape index (κ1) is 22.4. The average molecular weight is 190 g/mol. The molecule has 8 heteroatoms. The SMILES string of the molecule is O=P(O)(O)O.[Ca+2].[Mg+2].[Si+4]. The third kappa shape index (κ3) is 81.6. The predicted molar refractivity (Wildman–Crippen MR) is 31.5 cm³/mol. The molecule has 0 aromatic carbocycles. The summed E-state index contributed by atoms with van der Waals surface area (Å²) in [5.74, 6) is 0. The minimum atomic E-state index is -4.64. The number of phosphoric acid groups is 1. The molecule has 0 atom stereocenters. The van der Waals surface area contributed by atoms with Crippen molar-refractivity contribution in [1.29, 1.82) is 0 Å². The average Bonchev–Trinajstić information content (AvgIpc) is 0.722. The molecule has 0 spiro atoms. The smallest absolute Gasteiger partial charge is 0.303 e. The van der Waals surface area contributed by atoms with Gasteiger partial charge in [-0.1, -0.05) is 0 Å². The molecule has 32 valence electrons. The maximum atomic E-state index is 8.88. The molecule has 0 aliphatic rings. The van der Waals surface area contributed by atoms with Gasteiger partial charge in [-0.05, 0) is 0 Å². The van der Waals surface area contributed by atoms with Crippen LogP contribution < -0.4 is 0 Å². The molecule has 4 nitrogen and oxygen atoms in total. The third-order valence-corrected chi connectivity index (χ3v) is 0. The first-order chi connectivity index (χ1) is 2.00. The van der Waals surface area contributed by atoms with Gasteiger partial charge < -0.3 is 14.7 Å². The van der Waals surface area contributed by atoms with Gasteiger partial charge in [-0.3, -0.25) is 0 Å². The van der Waals surface area contributed by atoms with E-state index in [0.717, 1.165) is 0 Å². The van der Waals surface area contributed by atoms with Gasteiger partial charge in [0, 0.05) is 0 Å². The molecule has 0 amide bonds. The summed E-state index contributed by atoms with van der Waals surface area (Å²) in [6, 6.07) is 0. The summed E-state index contributed by atoms with van der Waals surface area (Å²) >= 11 is 0. The van der Waals surface area contributed by atoms with Crippen molar-refractivity contribution in [2.45, 2.75) is 0 Å². The van der Waals surface area contributed by atoms with Crippen molar-refractivity contribution in [3.05, 3.63) is 0 Å². The normalized spacial score (nSPS) is 7.38. The second kappa shape index (κ2) is 9.35. The summed E-state index contributed by atoms with van der Waals surface area (Å²) < 4.78 is 8.88. The van der Waals surface area contributed by atoms with E-state index in [-0.39, 0.29) is 71.8 Å². The summed E-state index contributed by atoms with van der Waals surface area (Å²) in [5, 5.41) is 0. The van der Waals surface area contributed by atoms with Crippen LogP contribution in [-0.2, 0) is 4.57 Å². The molecule has 0 aromatic rings. The Morgan fingerprint density at radius 1 is 1.12 bits per heavy atom. The van der Waals surface area contributed by atoms with E-state index in [0.29, 0.717) is 0 Å². The summed E-state index contributed by atoms with van der Waals surface area (Å²) in [7, 11) is -4.64. The largest absolute Gasteiger partial charge is 4.00 e. The first-order valence-corrected chi connectivity index (χ1v) is 2.35. The molecular weight excluding hydrogens is 187 g/mol. The van der Waals surface area contributed by atoms with Crippen molar-refractivity contribution in [1.82, 2.24) is 0 Å². The van der Waals surface area contributed by atoms with Crippen LogP contribution in [0.1, 0.15) is 0 Å². The maximum absolute atomic E-state index is 8.88. The van der Waals surface area contributed by atoms with Crippen molar-refractivity contribution in [3.8, 4) is 0 Å². The Balaban J connectivity index is -0.0000000267. The van der Waals surface area contributed by atoms with Crippen LogP contribution >= 0.6 is 7.82 Å². The minimum absolute atomic E-state index is 0. The minimum Gasteiger partial charge on any atom is -0.303 e. The predicted octanol–water partition coefficient (Wildman–Crippen LogP) is -2.07. The van der Waals surface area contributed by atoms with Gasteiger partial charge in [0.25, 0.3) is 0 Å². The van der Waals surface area contributed by atoms with E-state index in [9.17, 15) is 0 Å². The summed E-state index contributed by atoms with van der Waals surface area (Å²) in [4.78, 5) is 21.6. The van der Waals surface area contributed by atoms with Crippen LogP contribution in [0.2, 0.25) is 0 Å². The monoisotopic (exact) mass is 190 g/mol. The second-order valence-electron chi connectivity index (χ2n) is 0.513. The van der Waals surface area contributed by atoms with Crippen molar-refractivity contribution >= 4 is 79.6 Å². The van der Waals surface area contributed by atoms with E-state index in [2.05, 4.69) is 0 Å². The topological polar surface area (TPSA) is 77.8 Å². The molecule has 0 saturated carbocycles. The zero-order valence-electron chi connectivity index (χ0n) is 4.11. The fourth-order valence-corrected chi connectivity index (χ4v) is 0. The molecule has 0 heterocycles. The van der Waals surface area contributed by atoms with Crippen molar-refractivity contribution in [3.63, 3.8) is 0 Å². The summed E-state index contributed by atoms with van der Waals surface area (Å²) in [6.45, 7) is 0. The molecule has 0 rings (SSSR count). The van der Waals surface area contributed by atoms with E-state index in [1.807, 2.05) is 0 Å². The third-order valence-electron chi connectivity index (χ3n) is 0. The van der Waals surface area contributed by atoms with Crippen LogP contribution in [0.15, 0.2) is 0 Å². The van der Waals surface area contributed by atoms with Gasteiger partial charge in [0.15, 0.2) is 0 Å². The van der Waals surface area contributed by atoms with Gasteiger partial charge in [-0.15, -0.1) is 0 Å². The Labute approximate surface area is 97.5 Å². The van der Waals surface area contributed by atoms with Gasteiger partial charge in [0.05, 0.1) is 0 Å². The molecule has 3 N–H and O–H groups in total. The summed E-state index contributed by atoms with van der Waals surface area (Å²) in [5.41, 5.74) is 0. The van der Waals surface area contributed by atoms with Crippen LogP contribution in [0.5, 0.6) is 0 Å². The summed E-state index contributed by atoms with van der Waals surface area (Å²) in [6.07, 6.45) is 0. The molecule has 0 bridgehead atoms. The molecule has 0 unspecified atom stereocenters. The van der Waals surface area contributed by atoms with E-state index < -0.39 is 7.82 Å². The van der Waals surface area contributed by atoms with E-state index in [4.69, 9.17) is 19.2 Å². The van der Waals surface area contributed by atoms with Gasteiger partial charge >= 0.3 is 79.6 Å². The molecule has 0 fully saturated rings. The van der Waals surface area contributed by atoms with Crippen LogP contribution in [-0.4, -0.2) is 86.4 Å². The fraction of sp³-hybridized carbons (Fsp3) is 0. The zero-order chi connectivity index (χ0) is 4.50. The number of hydrogen-bond donors (Lipinski definition) is 3. The van der Waals surface area contributed by atoms with Crippen molar-refractivity contribution < 1.29 is 19.2 Å². The van der Waals surface area contributed by atoms with E-state index >= 15 is 0 Å². The standard InChI is InChI=1S/Ca.Mg.H3O4P.Si/c;;1-5(2,3)4;/h;;(H3,1,2,3,4);/q2*+2;;+4. The molecule has 0 radical (unpaired) electrons. The number of rotatable bonds is 0. The maximum Gasteiger partial charge on any atom is 4.00 e. The van der Waals surface area contributed by atoms with Crippen LogP contribution in [0.25, 0.3) is 0 Å². The molecule has 0 aromatic heterocycles. The van der Waals surface area contributed by atoms with Gasteiger partial charge in [-0.25, -0.2) is 4.57 Å². The molecule has 0 aliphatic heterocycles. The van der Waals surface area contributed by atoms with Gasteiger partial charge in [-0.2, -0.15) is 0 Å². The Hall–Kier alpha value is 2.35. The molecule has 0 aliphatic carbocycles. The van der Waals surface area contributed by atoms with Crippen LogP contribution in [0.3, 0.4) is 0 Å². The van der Waals surface area contributed by atoms with E-state index in [1.165, 1.54) is 0 Å². The first-order valence-electron chi connectivity index (χ1n) is 0.783. The van der Waals surface area contributed by atoms with E-state index in [1.54, 1.807) is 0 Å². The van der Waals surface area contributed by atoms with Crippen molar-refractivity contribution in [2.24, 2.45) is 0 Å². The second-order valence-corrected chi connectivity index (χ2v) is 1.54. The van der Waals surface area contributed by atoms with Crippen LogP contribution in [0, 0.1) is 0 Å². The van der Waals surface area contributed by atoms with Gasteiger partial charge in [0.2, 0.25) is 0 Å². The Kier molecular flexibility index (Phi) is 26.2. The molecular formula is H3CaMgO4PSi+8. The van der Waals surface area contributed by atoms with Crippen molar-refractivity contribution in [2.75, 3.05) is 0 Å². The Bertz CT molecular complexity index is 62.2. The Morgan fingerprint density at radius 3 is 1.12 bits per heavy atom. The quantitative estimate of drug-likeness (QED) is 0.303. The number of hydrogen-bond acceptors (Lipinski definition) is 1. The van der Waals surface area contributed by atoms with Gasteiger partial charge in [0.1, 0.15) is 0 Å².